The first-order chi connectivity index (χ1) is 19.4. The number of anilines is 1. The van der Waals surface area contributed by atoms with Gasteiger partial charge in [0.2, 0.25) is 0 Å². The van der Waals surface area contributed by atoms with Crippen LogP contribution in [0.4, 0.5) is 5.69 Å². The molecule has 2 unspecified atom stereocenters. The molecule has 0 radical (unpaired) electrons. The van der Waals surface area contributed by atoms with Gasteiger partial charge in [-0.3, -0.25) is 19.7 Å². The molecular formula is C30H39N7O3. The third-order valence-corrected chi connectivity index (χ3v) is 8.84. The Balaban J connectivity index is 1.37. The molecule has 4 aromatic rings. The van der Waals surface area contributed by atoms with Crippen LogP contribution in [0.2, 0.25) is 0 Å². The van der Waals surface area contributed by atoms with Crippen LogP contribution in [0.1, 0.15) is 64.3 Å². The van der Waals surface area contributed by atoms with Crippen molar-refractivity contribution < 1.29 is 9.84 Å². The van der Waals surface area contributed by atoms with E-state index in [4.69, 9.17) is 9.84 Å². The number of hydrogen-bond acceptors (Lipinski definition) is 8. The largest absolute Gasteiger partial charge is 0.391 e. The zero-order chi connectivity index (χ0) is 28.0. The van der Waals surface area contributed by atoms with E-state index in [1.165, 1.54) is 5.56 Å². The van der Waals surface area contributed by atoms with Crippen LogP contribution in [0.15, 0.2) is 47.7 Å². The summed E-state index contributed by atoms with van der Waals surface area (Å²) >= 11 is 0. The van der Waals surface area contributed by atoms with Crippen molar-refractivity contribution in [1.29, 1.82) is 0 Å². The van der Waals surface area contributed by atoms with E-state index in [0.717, 1.165) is 60.0 Å². The van der Waals surface area contributed by atoms with Crippen molar-refractivity contribution in [3.63, 3.8) is 0 Å². The van der Waals surface area contributed by atoms with Crippen LogP contribution in [0.3, 0.4) is 0 Å². The maximum atomic E-state index is 13.2. The maximum absolute atomic E-state index is 13.2. The SMILES string of the molecule is CC[C@@H]1CN(c2cc(=O)n(C)c3cn(C4CCCCO4)nc23)[C@@H]([C@@H](C)O)CN1C(C)c1ccc2nccnc2c1. The fourth-order valence-electron chi connectivity index (χ4n) is 6.40. The number of ether oxygens (including phenoxy) is 1. The molecule has 0 aliphatic carbocycles. The molecule has 3 aromatic heterocycles. The Hall–Kier alpha value is -3.34. The van der Waals surface area contributed by atoms with Gasteiger partial charge in [0.05, 0.1) is 40.6 Å². The van der Waals surface area contributed by atoms with Gasteiger partial charge in [-0.15, -0.1) is 0 Å². The van der Waals surface area contributed by atoms with Crippen LogP contribution in [0, 0.1) is 0 Å². The molecule has 2 aliphatic rings. The number of aryl methyl sites for hydroxylation is 1. The highest BCUT2D eigenvalue weighted by atomic mass is 16.5. The number of benzene rings is 1. The van der Waals surface area contributed by atoms with Gasteiger partial charge >= 0.3 is 0 Å². The third kappa shape index (κ3) is 4.78. The Bertz CT molecular complexity index is 1560. The first-order valence-corrected chi connectivity index (χ1v) is 14.5. The number of pyridine rings is 1. The number of piperazine rings is 1. The number of aliphatic hydroxyl groups is 1. The van der Waals surface area contributed by atoms with Crippen molar-refractivity contribution in [2.24, 2.45) is 7.05 Å². The summed E-state index contributed by atoms with van der Waals surface area (Å²) in [7, 11) is 1.79. The predicted molar refractivity (Wildman–Crippen MR) is 155 cm³/mol. The second-order valence-corrected chi connectivity index (χ2v) is 11.3. The van der Waals surface area contributed by atoms with E-state index < -0.39 is 6.10 Å². The lowest BCUT2D eigenvalue weighted by Crippen LogP contribution is -2.62. The molecule has 6 rings (SSSR count). The Morgan fingerprint density at radius 3 is 2.62 bits per heavy atom. The summed E-state index contributed by atoms with van der Waals surface area (Å²) in [4.78, 5) is 26.8. The number of hydrogen-bond donors (Lipinski definition) is 1. The molecular weight excluding hydrogens is 506 g/mol. The number of aromatic nitrogens is 5. The average Bonchev–Trinajstić information content (AvgIpc) is 3.44. The van der Waals surface area contributed by atoms with Crippen LogP contribution in [-0.4, -0.2) is 72.2 Å². The Labute approximate surface area is 234 Å². The highest BCUT2D eigenvalue weighted by Gasteiger charge is 2.39. The van der Waals surface area contributed by atoms with Crippen LogP contribution < -0.4 is 10.5 Å². The van der Waals surface area contributed by atoms with Gasteiger partial charge in [0.25, 0.3) is 5.56 Å². The van der Waals surface area contributed by atoms with Gasteiger partial charge in [0, 0.05) is 57.3 Å². The van der Waals surface area contributed by atoms with E-state index in [2.05, 4.69) is 45.7 Å². The summed E-state index contributed by atoms with van der Waals surface area (Å²) < 4.78 is 9.53. The molecule has 5 heterocycles. The van der Waals surface area contributed by atoms with Crippen LogP contribution in [-0.2, 0) is 11.8 Å². The predicted octanol–water partition coefficient (Wildman–Crippen LogP) is 3.79. The fourth-order valence-corrected chi connectivity index (χ4v) is 6.40. The molecule has 5 atom stereocenters. The summed E-state index contributed by atoms with van der Waals surface area (Å²) in [5, 5.41) is 16.0. The number of rotatable bonds is 6. The van der Waals surface area contributed by atoms with Gasteiger partial charge in [-0.1, -0.05) is 13.0 Å². The molecule has 10 nitrogen and oxygen atoms in total. The minimum Gasteiger partial charge on any atom is -0.391 e. The van der Waals surface area contributed by atoms with E-state index in [1.807, 2.05) is 23.9 Å². The zero-order valence-corrected chi connectivity index (χ0v) is 23.8. The quantitative estimate of drug-likeness (QED) is 0.391. The van der Waals surface area contributed by atoms with Gasteiger partial charge in [0.15, 0.2) is 0 Å². The minimum atomic E-state index is -0.613. The third-order valence-electron chi connectivity index (χ3n) is 8.84. The average molecular weight is 546 g/mol. The summed E-state index contributed by atoms with van der Waals surface area (Å²) in [5.41, 5.74) is 5.18. The standard InChI is InChI=1S/C30H39N7O3/c1-5-22-16-36(25-15-28(39)34(4)27-18-37(33-30(25)27)29-8-6-7-13-40-29)26(20(3)38)17-35(22)19(2)21-9-10-23-24(14-21)32-12-11-31-23/h9-12,14-15,18-20,22,26,29,38H,5-8,13,16-17H2,1-4H3/t19?,20-,22-,26-,29?/m1/s1. The molecule has 0 spiro atoms. The molecule has 1 N–H and O–H groups in total. The molecule has 40 heavy (non-hydrogen) atoms. The Kier molecular flexibility index (Phi) is 7.33. The van der Waals surface area contributed by atoms with Crippen LogP contribution >= 0.6 is 0 Å². The molecule has 2 aliphatic heterocycles. The topological polar surface area (TPSA) is 102 Å². The van der Waals surface area contributed by atoms with Gasteiger partial charge in [0.1, 0.15) is 11.7 Å². The lowest BCUT2D eigenvalue weighted by molar-refractivity contribution is -0.0391. The van der Waals surface area contributed by atoms with Gasteiger partial charge in [-0.25, -0.2) is 4.68 Å². The van der Waals surface area contributed by atoms with Gasteiger partial charge in [-0.05, 0) is 57.2 Å². The second kappa shape index (κ2) is 10.9. The van der Waals surface area contributed by atoms with Gasteiger partial charge < -0.3 is 19.3 Å². The number of nitrogens with zero attached hydrogens (tertiary/aromatic N) is 7. The highest BCUT2D eigenvalue weighted by Crippen LogP contribution is 2.35. The van der Waals surface area contributed by atoms with E-state index >= 15 is 0 Å². The maximum Gasteiger partial charge on any atom is 0.252 e. The fraction of sp³-hybridized carbons (Fsp3) is 0.533. The van der Waals surface area contributed by atoms with Crippen molar-refractivity contribution in [2.45, 2.75) is 76.9 Å². The molecule has 0 amide bonds. The van der Waals surface area contributed by atoms with Crippen molar-refractivity contribution in [2.75, 3.05) is 24.6 Å². The van der Waals surface area contributed by atoms with Crippen molar-refractivity contribution in [1.82, 2.24) is 29.2 Å². The lowest BCUT2D eigenvalue weighted by Gasteiger charge is -2.50. The van der Waals surface area contributed by atoms with Gasteiger partial charge in [-0.2, -0.15) is 5.10 Å². The summed E-state index contributed by atoms with van der Waals surface area (Å²) in [6.45, 7) is 8.31. The van der Waals surface area contributed by atoms with E-state index in [1.54, 1.807) is 30.1 Å². The van der Waals surface area contributed by atoms with Crippen LogP contribution in [0.25, 0.3) is 22.1 Å². The molecule has 1 aromatic carbocycles. The number of aliphatic hydroxyl groups excluding tert-OH is 1. The summed E-state index contributed by atoms with van der Waals surface area (Å²) in [6, 6.07) is 8.08. The highest BCUT2D eigenvalue weighted by molar-refractivity contribution is 5.88. The van der Waals surface area contributed by atoms with Crippen molar-refractivity contribution in [3.05, 3.63) is 58.8 Å². The van der Waals surface area contributed by atoms with Crippen molar-refractivity contribution in [3.8, 4) is 0 Å². The minimum absolute atomic E-state index is 0.0860. The molecule has 0 bridgehead atoms. The van der Waals surface area contributed by atoms with E-state index in [0.29, 0.717) is 13.1 Å². The molecule has 2 saturated heterocycles. The zero-order valence-electron chi connectivity index (χ0n) is 23.8. The molecule has 212 valence electrons. The Morgan fingerprint density at radius 1 is 1.10 bits per heavy atom. The monoisotopic (exact) mass is 545 g/mol. The molecule has 10 heteroatoms. The summed E-state index contributed by atoms with van der Waals surface area (Å²) in [5.74, 6) is 0. The lowest BCUT2D eigenvalue weighted by atomic mass is 9.95. The molecule has 0 saturated carbocycles. The van der Waals surface area contributed by atoms with E-state index in [9.17, 15) is 9.90 Å². The Morgan fingerprint density at radius 2 is 1.90 bits per heavy atom. The number of fused-ring (bicyclic) bond motifs is 2. The van der Waals surface area contributed by atoms with Crippen molar-refractivity contribution >= 4 is 27.8 Å². The summed E-state index contributed by atoms with van der Waals surface area (Å²) in [6.07, 6.45) is 8.63. The smallest absolute Gasteiger partial charge is 0.252 e. The normalized spacial score (nSPS) is 24.0. The second-order valence-electron chi connectivity index (χ2n) is 11.3. The van der Waals surface area contributed by atoms with E-state index in [-0.39, 0.29) is 29.9 Å². The molecule has 2 fully saturated rings. The first kappa shape index (κ1) is 26.9. The van der Waals surface area contributed by atoms with Crippen LogP contribution in [0.5, 0.6) is 0 Å². The first-order valence-electron chi connectivity index (χ1n) is 14.5.